The van der Waals surface area contributed by atoms with E-state index in [2.05, 4.69) is 40.1 Å². The van der Waals surface area contributed by atoms with Crippen LogP contribution in [0.2, 0.25) is 0 Å². The van der Waals surface area contributed by atoms with Crippen LogP contribution in [-0.4, -0.2) is 16.1 Å². The van der Waals surface area contributed by atoms with E-state index >= 15 is 0 Å². The molecule has 0 bridgehead atoms. The second-order valence-electron chi connectivity index (χ2n) is 4.49. The number of nitrogens with zero attached hydrogens (tertiary/aromatic N) is 2. The molecule has 1 aromatic carbocycles. The molecule has 0 saturated heterocycles. The molecule has 2 rings (SSSR count). The molecule has 0 fully saturated rings. The predicted molar refractivity (Wildman–Crippen MR) is 74.5 cm³/mol. The van der Waals surface area contributed by atoms with Crippen LogP contribution in [-0.2, 0) is 0 Å². The molecule has 0 aliphatic heterocycles. The topological polar surface area (TPSA) is 29.9 Å². The molecule has 0 amide bonds. The Morgan fingerprint density at radius 2 is 2.22 bits per heavy atom. The lowest BCUT2D eigenvalue weighted by molar-refractivity contribution is 0.626. The molecule has 0 atom stereocenters. The van der Waals surface area contributed by atoms with Crippen molar-refractivity contribution in [1.82, 2.24) is 9.55 Å². The smallest absolute Gasteiger partial charge is 0.207 e. The quantitative estimate of drug-likeness (QED) is 0.929. The van der Waals surface area contributed by atoms with Crippen LogP contribution < -0.4 is 5.32 Å². The van der Waals surface area contributed by atoms with Crippen LogP contribution in [0.3, 0.4) is 0 Å². The maximum absolute atomic E-state index is 13.3. The van der Waals surface area contributed by atoms with Crippen LogP contribution in [0, 0.1) is 11.7 Å². The molecule has 1 N–H and O–H groups in total. The highest BCUT2D eigenvalue weighted by atomic mass is 79.9. The van der Waals surface area contributed by atoms with Crippen molar-refractivity contribution in [3.63, 3.8) is 0 Å². The van der Waals surface area contributed by atoms with Crippen molar-refractivity contribution in [3.8, 4) is 5.69 Å². The molecule has 0 spiro atoms. The average Bonchev–Trinajstić information content (AvgIpc) is 2.77. The van der Waals surface area contributed by atoms with Gasteiger partial charge in [0.2, 0.25) is 5.95 Å². The van der Waals surface area contributed by atoms with E-state index in [1.165, 1.54) is 12.1 Å². The molecule has 5 heteroatoms. The third-order valence-corrected chi connectivity index (χ3v) is 3.15. The van der Waals surface area contributed by atoms with Crippen LogP contribution in [0.15, 0.2) is 35.1 Å². The number of anilines is 1. The zero-order valence-electron chi connectivity index (χ0n) is 10.3. The Bertz CT molecular complexity index is 537. The van der Waals surface area contributed by atoms with E-state index in [0.29, 0.717) is 5.92 Å². The predicted octanol–water partition coefficient (Wildman–Crippen LogP) is 3.84. The Morgan fingerprint density at radius 3 is 2.94 bits per heavy atom. The molecule has 2 aromatic rings. The fourth-order valence-electron chi connectivity index (χ4n) is 1.59. The Kier molecular flexibility index (Phi) is 4.01. The molecule has 0 aliphatic carbocycles. The highest BCUT2D eigenvalue weighted by molar-refractivity contribution is 9.10. The van der Waals surface area contributed by atoms with Crippen LogP contribution in [0.4, 0.5) is 10.3 Å². The molecule has 3 nitrogen and oxygen atoms in total. The summed E-state index contributed by atoms with van der Waals surface area (Å²) in [5, 5.41) is 3.25. The molecule has 96 valence electrons. The van der Waals surface area contributed by atoms with Crippen molar-refractivity contribution in [2.45, 2.75) is 13.8 Å². The van der Waals surface area contributed by atoms with E-state index in [-0.39, 0.29) is 5.82 Å². The van der Waals surface area contributed by atoms with Crippen molar-refractivity contribution in [1.29, 1.82) is 0 Å². The third-order valence-electron chi connectivity index (χ3n) is 2.48. The number of rotatable bonds is 4. The number of hydrogen-bond acceptors (Lipinski definition) is 2. The van der Waals surface area contributed by atoms with E-state index in [1.54, 1.807) is 12.3 Å². The highest BCUT2D eigenvalue weighted by Gasteiger charge is 2.09. The van der Waals surface area contributed by atoms with Crippen LogP contribution in [0.5, 0.6) is 0 Å². The minimum absolute atomic E-state index is 0.267. The van der Waals surface area contributed by atoms with E-state index in [4.69, 9.17) is 0 Å². The minimum atomic E-state index is -0.267. The fourth-order valence-corrected chi connectivity index (χ4v) is 2.03. The van der Waals surface area contributed by atoms with Gasteiger partial charge in [-0.25, -0.2) is 9.37 Å². The van der Waals surface area contributed by atoms with Gasteiger partial charge in [-0.1, -0.05) is 13.8 Å². The summed E-state index contributed by atoms with van der Waals surface area (Å²) in [6.07, 6.45) is 3.50. The second kappa shape index (κ2) is 5.52. The van der Waals surface area contributed by atoms with Crippen molar-refractivity contribution in [2.75, 3.05) is 11.9 Å². The highest BCUT2D eigenvalue weighted by Crippen LogP contribution is 2.24. The maximum Gasteiger partial charge on any atom is 0.207 e. The normalized spacial score (nSPS) is 10.9. The van der Waals surface area contributed by atoms with Crippen molar-refractivity contribution in [2.24, 2.45) is 5.92 Å². The van der Waals surface area contributed by atoms with E-state index in [1.807, 2.05) is 10.8 Å². The fraction of sp³-hybridized carbons (Fsp3) is 0.308. The zero-order valence-corrected chi connectivity index (χ0v) is 11.9. The van der Waals surface area contributed by atoms with Gasteiger partial charge in [-0.3, -0.25) is 4.57 Å². The first-order valence-electron chi connectivity index (χ1n) is 5.80. The Morgan fingerprint density at radius 1 is 1.44 bits per heavy atom. The first kappa shape index (κ1) is 13.1. The van der Waals surface area contributed by atoms with Gasteiger partial charge < -0.3 is 5.32 Å². The third kappa shape index (κ3) is 2.90. The van der Waals surface area contributed by atoms with Crippen LogP contribution >= 0.6 is 15.9 Å². The van der Waals surface area contributed by atoms with Gasteiger partial charge in [0, 0.05) is 23.4 Å². The van der Waals surface area contributed by atoms with Crippen molar-refractivity contribution in [3.05, 3.63) is 40.9 Å². The van der Waals surface area contributed by atoms with Crippen LogP contribution in [0.1, 0.15) is 13.8 Å². The molecule has 0 radical (unpaired) electrons. The maximum atomic E-state index is 13.3. The summed E-state index contributed by atoms with van der Waals surface area (Å²) in [7, 11) is 0. The van der Waals surface area contributed by atoms with E-state index in [0.717, 1.165) is 22.7 Å². The largest absolute Gasteiger partial charge is 0.355 e. The van der Waals surface area contributed by atoms with Gasteiger partial charge in [0.15, 0.2) is 0 Å². The van der Waals surface area contributed by atoms with Crippen LogP contribution in [0.25, 0.3) is 5.69 Å². The van der Waals surface area contributed by atoms with Gasteiger partial charge in [-0.05, 0) is 40.0 Å². The Hall–Kier alpha value is -1.36. The minimum Gasteiger partial charge on any atom is -0.355 e. The Labute approximate surface area is 114 Å². The summed E-state index contributed by atoms with van der Waals surface area (Å²) in [6, 6.07) is 4.59. The number of nitrogens with one attached hydrogen (secondary N) is 1. The summed E-state index contributed by atoms with van der Waals surface area (Å²) in [5.74, 6) is 0.970. The van der Waals surface area contributed by atoms with Gasteiger partial charge in [0.05, 0.1) is 5.69 Å². The number of hydrogen-bond donors (Lipinski definition) is 1. The number of aromatic nitrogens is 2. The summed E-state index contributed by atoms with van der Waals surface area (Å²) in [4.78, 5) is 4.24. The van der Waals surface area contributed by atoms with Gasteiger partial charge in [0.25, 0.3) is 0 Å². The summed E-state index contributed by atoms with van der Waals surface area (Å²) in [5.41, 5.74) is 0.735. The SMILES string of the molecule is CC(C)CNc1nccn1-c1cc(F)ccc1Br. The molecule has 0 saturated carbocycles. The van der Waals surface area contributed by atoms with Gasteiger partial charge in [-0.15, -0.1) is 0 Å². The number of benzene rings is 1. The molecule has 0 unspecified atom stereocenters. The zero-order chi connectivity index (χ0) is 13.1. The lowest BCUT2D eigenvalue weighted by Crippen LogP contribution is -2.12. The van der Waals surface area contributed by atoms with E-state index in [9.17, 15) is 4.39 Å². The molecule has 1 heterocycles. The van der Waals surface area contributed by atoms with Crippen molar-refractivity contribution < 1.29 is 4.39 Å². The number of imidazole rings is 1. The first-order chi connectivity index (χ1) is 8.58. The van der Waals surface area contributed by atoms with Crippen molar-refractivity contribution >= 4 is 21.9 Å². The summed E-state index contributed by atoms with van der Waals surface area (Å²) in [6.45, 7) is 5.07. The molecule has 1 aromatic heterocycles. The molecular weight excluding hydrogens is 297 g/mol. The monoisotopic (exact) mass is 311 g/mol. The lowest BCUT2D eigenvalue weighted by atomic mass is 10.2. The Balaban J connectivity index is 2.33. The summed E-state index contributed by atoms with van der Waals surface area (Å²) >= 11 is 3.42. The van der Waals surface area contributed by atoms with Gasteiger partial charge in [-0.2, -0.15) is 0 Å². The summed E-state index contributed by atoms with van der Waals surface area (Å²) < 4.78 is 16.0. The van der Waals surface area contributed by atoms with E-state index < -0.39 is 0 Å². The standard InChI is InChI=1S/C13H15BrFN3/c1-9(2)8-17-13-16-5-6-18(13)12-7-10(15)3-4-11(12)14/h3-7,9H,8H2,1-2H3,(H,16,17). The lowest BCUT2D eigenvalue weighted by Gasteiger charge is -2.12. The molecule has 0 aliphatic rings. The first-order valence-corrected chi connectivity index (χ1v) is 6.60. The average molecular weight is 312 g/mol. The molecular formula is C13H15BrFN3. The van der Waals surface area contributed by atoms with Gasteiger partial charge in [0.1, 0.15) is 5.82 Å². The molecule has 18 heavy (non-hydrogen) atoms. The second-order valence-corrected chi connectivity index (χ2v) is 5.35. The van der Waals surface area contributed by atoms with Gasteiger partial charge >= 0.3 is 0 Å². The number of halogens is 2.